The number of aromatic nitrogens is 2. The van der Waals surface area contributed by atoms with E-state index in [-0.39, 0.29) is 0 Å². The Kier molecular flexibility index (Phi) is 16.0. The van der Waals surface area contributed by atoms with E-state index in [1.54, 1.807) is 0 Å². The monoisotopic (exact) mass is 1210 g/mol. The number of fused-ring (bicyclic) bond motifs is 3. The van der Waals surface area contributed by atoms with Gasteiger partial charge in [-0.15, -0.1) is 0 Å². The molecule has 8 aromatic carbocycles. The molecule has 84 heavy (non-hydrogen) atoms. The normalized spacial score (nSPS) is 13.3. The van der Waals surface area contributed by atoms with Gasteiger partial charge in [-0.2, -0.15) is 132 Å². The quantitative estimate of drug-likeness (QED) is 0.0673. The van der Waals surface area contributed by atoms with E-state index in [0.29, 0.717) is 0 Å². The van der Waals surface area contributed by atoms with Gasteiger partial charge in [0.1, 0.15) is 11.8 Å². The molecule has 0 aliphatic heterocycles. The summed E-state index contributed by atoms with van der Waals surface area (Å²) in [6, 6.07) is 21.1. The molecule has 0 spiro atoms. The van der Waals surface area contributed by atoms with Gasteiger partial charge in [0.05, 0.1) is 50.7 Å². The molecule has 0 saturated carbocycles. The lowest BCUT2D eigenvalue weighted by Crippen LogP contribution is -2.75. The minimum atomic E-state index is -6.13. The van der Waals surface area contributed by atoms with Crippen molar-refractivity contribution in [1.82, 2.24) is 4.98 Å². The summed E-state index contributed by atoms with van der Waals surface area (Å²) in [4.78, 5) is 4.69. The molecule has 1 heterocycles. The Morgan fingerprint density at radius 2 is 0.619 bits per heavy atom. The molecule has 2 nitrogen and oxygen atoms in total. The first-order valence-electron chi connectivity index (χ1n) is 23.8. The lowest BCUT2D eigenvalue weighted by atomic mass is 9.12. The smallest absolute Gasteiger partial charge is 0.244 e. The molecular weight excluding hydrogens is 1180 g/mol. The Morgan fingerprint density at radius 1 is 0.321 bits per heavy atom. The molecule has 0 radical (unpaired) electrons. The molecule has 27 heteroatoms. The van der Waals surface area contributed by atoms with E-state index in [2.05, 4.69) is 94.6 Å². The second kappa shape index (κ2) is 21.7. The number of rotatable bonds is 7. The Hall–Kier alpha value is -8.26. The molecule has 0 N–H and O–H groups in total. The minimum Gasteiger partial charge on any atom is -0.244 e. The van der Waals surface area contributed by atoms with Gasteiger partial charge in [-0.25, -0.2) is 4.98 Å². The van der Waals surface area contributed by atoms with Gasteiger partial charge in [-0.1, -0.05) is 127 Å². The molecule has 0 saturated heterocycles. The summed E-state index contributed by atoms with van der Waals surface area (Å²) in [5, 5.41) is 5.03. The summed E-state index contributed by atoms with van der Waals surface area (Å²) >= 11 is 0. The maximum Gasteiger partial charge on any atom is 0.416 e. The van der Waals surface area contributed by atoms with Crippen molar-refractivity contribution in [2.24, 2.45) is 0 Å². The molecule has 0 aliphatic rings. The highest BCUT2D eigenvalue weighted by Gasteiger charge is 2.47. The highest BCUT2D eigenvalue weighted by Crippen LogP contribution is 2.42. The number of hydrogen-bond acceptors (Lipinski definition) is 1. The molecule has 0 aliphatic carbocycles. The first kappa shape index (κ1) is 61.8. The Morgan fingerprint density at radius 3 is 0.952 bits per heavy atom. The summed E-state index contributed by atoms with van der Waals surface area (Å²) in [5.41, 5.74) is -26.8. The van der Waals surface area contributed by atoms with E-state index in [0.717, 1.165) is 12.2 Å². The topological polar surface area (TPSA) is 16.8 Å². The summed E-state index contributed by atoms with van der Waals surface area (Å²) in [6.45, 7) is 0.835. The number of alkyl halides is 24. The fraction of sp³-hybridized carbons (Fsp3) is 0.158. The zero-order valence-electron chi connectivity index (χ0n) is 41.5. The van der Waals surface area contributed by atoms with Crippen LogP contribution in [0.25, 0.3) is 32.8 Å². The van der Waals surface area contributed by atoms with Crippen LogP contribution in [0, 0.1) is 0 Å². The zero-order chi connectivity index (χ0) is 62.0. The molecule has 9 rings (SSSR count). The SMILES string of the molecule is FC(F)(F)c1cc([B-](c2cc(C(F)(F)F)cc(C(F)(F)F)c2)(c2cc(C(F)(F)F)cc(C(F)(F)F)c2)c2cc(C(F)(F)F)cc(C(F)(F)F)c2)cc(C(F)(F)F)c1.c1ccc(C[n+]2ccnc(-c3cc4ccccc4c4ccccc34)c2)cc1. The molecule has 0 atom stereocenters. The second-order valence-electron chi connectivity index (χ2n) is 19.0. The van der Waals surface area contributed by atoms with Gasteiger partial charge >= 0.3 is 49.4 Å². The van der Waals surface area contributed by atoms with Crippen molar-refractivity contribution in [3.8, 4) is 11.3 Å². The van der Waals surface area contributed by atoms with E-state index in [4.69, 9.17) is 0 Å². The van der Waals surface area contributed by atoms with Crippen LogP contribution in [-0.2, 0) is 56.0 Å². The standard InChI is InChI=1S/C32H12BF24.C25H19N2/c34-25(35,36)13-1-14(26(37,38)39)6-21(5-13)33(22-7-15(27(40,41)42)2-16(8-22)28(43,44)45,23-9-17(29(46,47)48)3-18(10-23)30(49,50)51)24-11-19(31(52,53)54)4-20(12-24)32(55,56)57;1-2-8-19(9-3-1)17-27-15-14-26-25(18-27)24-16-20-10-4-5-11-21(20)22-12-6-7-13-23(22)24/h1-12H;1-16,18H,17H2/q-1;+1. The van der Waals surface area contributed by atoms with Crippen LogP contribution in [0.1, 0.15) is 50.1 Å². The van der Waals surface area contributed by atoms with Crippen LogP contribution in [0.5, 0.6) is 0 Å². The van der Waals surface area contributed by atoms with Crippen molar-refractivity contribution in [1.29, 1.82) is 0 Å². The van der Waals surface area contributed by atoms with Gasteiger partial charge in [0.15, 0.2) is 18.9 Å². The summed E-state index contributed by atoms with van der Waals surface area (Å²) in [5.74, 6) is 0. The van der Waals surface area contributed by atoms with Crippen molar-refractivity contribution < 1.29 is 110 Å². The number of benzene rings is 8. The predicted molar refractivity (Wildman–Crippen MR) is 260 cm³/mol. The highest BCUT2D eigenvalue weighted by molar-refractivity contribution is 7.20. The third kappa shape index (κ3) is 13.2. The van der Waals surface area contributed by atoms with E-state index in [1.165, 1.54) is 32.7 Å². The second-order valence-corrected chi connectivity index (χ2v) is 19.0. The van der Waals surface area contributed by atoms with Crippen LogP contribution in [0.4, 0.5) is 105 Å². The van der Waals surface area contributed by atoms with E-state index in [1.807, 2.05) is 18.5 Å². The van der Waals surface area contributed by atoms with Gasteiger partial charge in [0.25, 0.3) is 0 Å². The molecule has 440 valence electrons. The van der Waals surface area contributed by atoms with Crippen LogP contribution < -0.4 is 26.4 Å². The molecule has 1 aromatic heterocycles. The molecule has 0 unspecified atom stereocenters. The van der Waals surface area contributed by atoms with E-state index < -0.39 is 195 Å². The third-order valence-corrected chi connectivity index (χ3v) is 13.5. The van der Waals surface area contributed by atoms with Gasteiger partial charge < -0.3 is 0 Å². The first-order valence-corrected chi connectivity index (χ1v) is 23.8. The summed E-state index contributed by atoms with van der Waals surface area (Å²) in [7, 11) is 0. The average molecular weight is 1210 g/mol. The lowest BCUT2D eigenvalue weighted by Gasteiger charge is -2.46. The van der Waals surface area contributed by atoms with Gasteiger partial charge in [-0.3, -0.25) is 0 Å². The van der Waals surface area contributed by atoms with Crippen LogP contribution in [0.2, 0.25) is 0 Å². The lowest BCUT2D eigenvalue weighted by molar-refractivity contribution is -0.688. The van der Waals surface area contributed by atoms with Crippen LogP contribution in [0.15, 0.2) is 176 Å². The third-order valence-electron chi connectivity index (χ3n) is 13.5. The highest BCUT2D eigenvalue weighted by atomic mass is 19.4. The number of nitrogens with zero attached hydrogens (tertiary/aromatic N) is 2. The van der Waals surface area contributed by atoms with E-state index >= 15 is 0 Å². The maximum atomic E-state index is 14.2. The van der Waals surface area contributed by atoms with Crippen molar-refractivity contribution in [3.05, 3.63) is 226 Å². The van der Waals surface area contributed by atoms with Crippen LogP contribution >= 0.6 is 0 Å². The van der Waals surface area contributed by atoms with Crippen molar-refractivity contribution >= 4 is 49.5 Å². The number of hydrogen-bond donors (Lipinski definition) is 0. The molecule has 9 aromatic rings. The van der Waals surface area contributed by atoms with E-state index in [9.17, 15) is 105 Å². The Balaban J connectivity index is 0.000000280. The first-order chi connectivity index (χ1) is 38.6. The van der Waals surface area contributed by atoms with Crippen LogP contribution in [-0.4, -0.2) is 11.1 Å². The Bertz CT molecular complexity index is 3450. The Labute approximate surface area is 457 Å². The largest absolute Gasteiger partial charge is 0.416 e. The zero-order valence-corrected chi connectivity index (χ0v) is 41.5. The van der Waals surface area contributed by atoms with Gasteiger partial charge in [0, 0.05) is 11.1 Å². The molecule has 0 bridgehead atoms. The maximum absolute atomic E-state index is 14.2. The van der Waals surface area contributed by atoms with Crippen molar-refractivity contribution in [2.75, 3.05) is 0 Å². The fourth-order valence-electron chi connectivity index (χ4n) is 9.80. The van der Waals surface area contributed by atoms with Crippen LogP contribution in [0.3, 0.4) is 0 Å². The average Bonchev–Trinajstić information content (AvgIpc) is 0.795. The fourth-order valence-corrected chi connectivity index (χ4v) is 9.80. The molecule has 0 fully saturated rings. The molecule has 0 amide bonds. The van der Waals surface area contributed by atoms with Gasteiger partial charge in [0.2, 0.25) is 0 Å². The van der Waals surface area contributed by atoms with Crippen molar-refractivity contribution in [3.63, 3.8) is 0 Å². The predicted octanol–water partition coefficient (Wildman–Crippen LogP) is 16.6. The van der Waals surface area contributed by atoms with Gasteiger partial charge in [-0.05, 0) is 51.9 Å². The summed E-state index contributed by atoms with van der Waals surface area (Å²) in [6.07, 6.45) is -48.7. The van der Waals surface area contributed by atoms with Crippen molar-refractivity contribution in [2.45, 2.75) is 56.0 Å². The molecular formula is C57H31BF24N2. The number of halogens is 24. The minimum absolute atomic E-state index is 0.691. The summed E-state index contributed by atoms with van der Waals surface area (Å²) < 4.78 is 343.